The molecule has 0 spiro atoms. The lowest BCUT2D eigenvalue weighted by Gasteiger charge is -2.32. The summed E-state index contributed by atoms with van der Waals surface area (Å²) in [5.41, 5.74) is 6.20. The largest absolute Gasteiger partial charge is 0.328 e. The van der Waals surface area contributed by atoms with Crippen LogP contribution in [0, 0.1) is 11.3 Å². The number of benzene rings is 1. The van der Waals surface area contributed by atoms with Crippen LogP contribution in [0.2, 0.25) is 0 Å². The van der Waals surface area contributed by atoms with E-state index >= 15 is 0 Å². The molecule has 1 aliphatic rings. The highest BCUT2D eigenvalue weighted by molar-refractivity contribution is 7.89. The standard InChI is InChI=1S/C14H19N3O2S/c1-17(13-7-5-12(16)6-8-13)20(18,19)14-4-2-3-11(9-14)10-15/h2-4,9,12-13H,5-8,16H2,1H3. The van der Waals surface area contributed by atoms with Crippen LogP contribution in [0.25, 0.3) is 0 Å². The third kappa shape index (κ3) is 3.01. The number of nitrogens with two attached hydrogens (primary N) is 1. The topological polar surface area (TPSA) is 87.2 Å². The van der Waals surface area contributed by atoms with Crippen molar-refractivity contribution in [1.82, 2.24) is 4.31 Å². The molecule has 1 fully saturated rings. The number of rotatable bonds is 3. The average molecular weight is 293 g/mol. The Morgan fingerprint density at radius 1 is 1.30 bits per heavy atom. The first-order valence-corrected chi connectivity index (χ1v) is 8.13. The predicted molar refractivity (Wildman–Crippen MR) is 76.3 cm³/mol. The van der Waals surface area contributed by atoms with E-state index in [0.29, 0.717) is 5.56 Å². The summed E-state index contributed by atoms with van der Waals surface area (Å²) in [5, 5.41) is 8.87. The van der Waals surface area contributed by atoms with Gasteiger partial charge in [-0.05, 0) is 43.9 Å². The molecule has 20 heavy (non-hydrogen) atoms. The minimum absolute atomic E-state index is 0.00876. The van der Waals surface area contributed by atoms with Gasteiger partial charge in [-0.3, -0.25) is 0 Å². The zero-order valence-electron chi connectivity index (χ0n) is 11.5. The maximum atomic E-state index is 12.6. The van der Waals surface area contributed by atoms with E-state index in [1.165, 1.54) is 16.4 Å². The fourth-order valence-electron chi connectivity index (χ4n) is 2.55. The molecule has 0 amide bonds. The molecule has 0 radical (unpaired) electrons. The van der Waals surface area contributed by atoms with Crippen molar-refractivity contribution in [2.45, 2.75) is 42.7 Å². The summed E-state index contributed by atoms with van der Waals surface area (Å²) in [7, 11) is -1.94. The summed E-state index contributed by atoms with van der Waals surface area (Å²) in [6.07, 6.45) is 3.27. The molecule has 6 heteroatoms. The second-order valence-corrected chi connectivity index (χ2v) is 7.23. The molecule has 1 aromatic rings. The lowest BCUT2D eigenvalue weighted by Crippen LogP contribution is -2.41. The first-order valence-electron chi connectivity index (χ1n) is 6.69. The van der Waals surface area contributed by atoms with Crippen LogP contribution in [-0.4, -0.2) is 31.9 Å². The van der Waals surface area contributed by atoms with E-state index in [-0.39, 0.29) is 17.0 Å². The van der Waals surface area contributed by atoms with E-state index in [9.17, 15) is 8.42 Å². The maximum absolute atomic E-state index is 12.6. The van der Waals surface area contributed by atoms with Gasteiger partial charge in [0, 0.05) is 19.1 Å². The van der Waals surface area contributed by atoms with Crippen molar-refractivity contribution in [3.05, 3.63) is 29.8 Å². The normalized spacial score (nSPS) is 23.5. The highest BCUT2D eigenvalue weighted by Gasteiger charge is 2.30. The average Bonchev–Trinajstić information content (AvgIpc) is 2.47. The van der Waals surface area contributed by atoms with Gasteiger partial charge in [-0.15, -0.1) is 0 Å². The van der Waals surface area contributed by atoms with Crippen LogP contribution in [-0.2, 0) is 10.0 Å². The van der Waals surface area contributed by atoms with E-state index in [4.69, 9.17) is 11.0 Å². The van der Waals surface area contributed by atoms with Crippen LogP contribution in [0.4, 0.5) is 0 Å². The third-order valence-corrected chi connectivity index (χ3v) is 5.80. The Morgan fingerprint density at radius 2 is 1.95 bits per heavy atom. The van der Waals surface area contributed by atoms with Gasteiger partial charge >= 0.3 is 0 Å². The SMILES string of the molecule is CN(C1CCC(N)CC1)S(=O)(=O)c1cccc(C#N)c1. The van der Waals surface area contributed by atoms with Gasteiger partial charge in [0.1, 0.15) is 0 Å². The summed E-state index contributed by atoms with van der Waals surface area (Å²) in [6.45, 7) is 0. The highest BCUT2D eigenvalue weighted by Crippen LogP contribution is 2.26. The van der Waals surface area contributed by atoms with Crippen LogP contribution in [0.1, 0.15) is 31.2 Å². The van der Waals surface area contributed by atoms with Gasteiger partial charge in [-0.25, -0.2) is 8.42 Å². The van der Waals surface area contributed by atoms with Crippen molar-refractivity contribution in [1.29, 1.82) is 5.26 Å². The van der Waals surface area contributed by atoms with Crippen LogP contribution < -0.4 is 5.73 Å². The van der Waals surface area contributed by atoms with Gasteiger partial charge < -0.3 is 5.73 Å². The lowest BCUT2D eigenvalue weighted by molar-refractivity contribution is 0.268. The molecule has 1 aliphatic carbocycles. The molecule has 0 bridgehead atoms. The number of hydrogen-bond donors (Lipinski definition) is 1. The second kappa shape index (κ2) is 5.92. The van der Waals surface area contributed by atoms with Gasteiger partial charge in [0.25, 0.3) is 0 Å². The van der Waals surface area contributed by atoms with E-state index < -0.39 is 10.0 Å². The van der Waals surface area contributed by atoms with E-state index in [1.54, 1.807) is 19.2 Å². The quantitative estimate of drug-likeness (QED) is 0.913. The van der Waals surface area contributed by atoms with Crippen LogP contribution in [0.5, 0.6) is 0 Å². The maximum Gasteiger partial charge on any atom is 0.243 e. The van der Waals surface area contributed by atoms with Gasteiger partial charge in [-0.2, -0.15) is 9.57 Å². The molecular formula is C14H19N3O2S. The molecule has 0 aliphatic heterocycles. The Hall–Kier alpha value is -1.42. The van der Waals surface area contributed by atoms with Crippen molar-refractivity contribution >= 4 is 10.0 Å². The van der Waals surface area contributed by atoms with Crippen molar-refractivity contribution < 1.29 is 8.42 Å². The molecular weight excluding hydrogens is 274 g/mol. The predicted octanol–water partition coefficient (Wildman–Crippen LogP) is 1.45. The van der Waals surface area contributed by atoms with Crippen molar-refractivity contribution in [2.75, 3.05) is 7.05 Å². The van der Waals surface area contributed by atoms with Crippen molar-refractivity contribution in [3.8, 4) is 6.07 Å². The molecule has 0 atom stereocenters. The number of sulfonamides is 1. The third-order valence-electron chi connectivity index (χ3n) is 3.90. The summed E-state index contributed by atoms with van der Waals surface area (Å²) in [4.78, 5) is 0.175. The molecule has 2 rings (SSSR count). The molecule has 5 nitrogen and oxygen atoms in total. The fourth-order valence-corrected chi connectivity index (χ4v) is 4.02. The van der Waals surface area contributed by atoms with E-state index in [0.717, 1.165) is 25.7 Å². The van der Waals surface area contributed by atoms with Gasteiger partial charge in [0.05, 0.1) is 16.5 Å². The Morgan fingerprint density at radius 3 is 2.55 bits per heavy atom. The molecule has 0 unspecified atom stereocenters. The van der Waals surface area contributed by atoms with E-state index in [2.05, 4.69) is 0 Å². The first-order chi connectivity index (χ1) is 9.45. The Balaban J connectivity index is 2.23. The molecule has 1 aromatic carbocycles. The van der Waals surface area contributed by atoms with Gasteiger partial charge in [0.15, 0.2) is 0 Å². The minimum Gasteiger partial charge on any atom is -0.328 e. The summed E-state index contributed by atoms with van der Waals surface area (Å²) < 4.78 is 26.6. The molecule has 0 heterocycles. The monoisotopic (exact) mass is 293 g/mol. The molecule has 0 saturated heterocycles. The van der Waals surface area contributed by atoms with Gasteiger partial charge in [-0.1, -0.05) is 6.07 Å². The molecule has 1 saturated carbocycles. The molecule has 2 N–H and O–H groups in total. The van der Waals surface area contributed by atoms with E-state index in [1.807, 2.05) is 6.07 Å². The number of nitrogens with zero attached hydrogens (tertiary/aromatic N) is 2. The fraction of sp³-hybridized carbons (Fsp3) is 0.500. The minimum atomic E-state index is -3.55. The number of nitriles is 1. The Labute approximate surface area is 120 Å². The van der Waals surface area contributed by atoms with Crippen LogP contribution >= 0.6 is 0 Å². The summed E-state index contributed by atoms with van der Waals surface area (Å²) >= 11 is 0. The van der Waals surface area contributed by atoms with Crippen molar-refractivity contribution in [3.63, 3.8) is 0 Å². The zero-order chi connectivity index (χ0) is 14.8. The Kier molecular flexibility index (Phi) is 4.43. The molecule has 0 aromatic heterocycles. The lowest BCUT2D eigenvalue weighted by atomic mass is 9.92. The number of hydrogen-bond acceptors (Lipinski definition) is 4. The van der Waals surface area contributed by atoms with Crippen molar-refractivity contribution in [2.24, 2.45) is 5.73 Å². The highest BCUT2D eigenvalue weighted by atomic mass is 32.2. The second-order valence-electron chi connectivity index (χ2n) is 5.23. The van der Waals surface area contributed by atoms with Crippen LogP contribution in [0.15, 0.2) is 29.2 Å². The zero-order valence-corrected chi connectivity index (χ0v) is 12.3. The Bertz CT molecular complexity index is 614. The van der Waals surface area contributed by atoms with Crippen LogP contribution in [0.3, 0.4) is 0 Å². The first kappa shape index (κ1) is 15.0. The van der Waals surface area contributed by atoms with Gasteiger partial charge in [0.2, 0.25) is 10.0 Å². The molecule has 108 valence electrons. The summed E-state index contributed by atoms with van der Waals surface area (Å²) in [5.74, 6) is 0. The summed E-state index contributed by atoms with van der Waals surface area (Å²) in [6, 6.07) is 8.28. The smallest absolute Gasteiger partial charge is 0.243 e.